The third-order valence-corrected chi connectivity index (χ3v) is 5.92. The van der Waals surface area contributed by atoms with Crippen LogP contribution < -0.4 is 0 Å². The standard InChI is InChI=1S/C20H29N5S/c1-3-17(2)26-20-22-13-18(14-23-20)15-24-9-6-10-25(12-11-24)16-19-7-4-5-8-21-19/h4-5,7-8,13-14,17H,3,6,9-12,15-16H2,1-2H3. The van der Waals surface area contributed by atoms with E-state index in [2.05, 4.69) is 50.7 Å². The van der Waals surface area contributed by atoms with Crippen LogP contribution in [-0.4, -0.2) is 56.2 Å². The molecule has 2 aromatic heterocycles. The van der Waals surface area contributed by atoms with Gasteiger partial charge in [-0.3, -0.25) is 14.8 Å². The van der Waals surface area contributed by atoms with E-state index in [1.165, 1.54) is 12.0 Å². The van der Waals surface area contributed by atoms with Gasteiger partial charge in [-0.05, 0) is 38.1 Å². The molecule has 0 amide bonds. The predicted octanol–water partition coefficient (Wildman–Crippen LogP) is 3.47. The fourth-order valence-electron chi connectivity index (χ4n) is 3.07. The zero-order chi connectivity index (χ0) is 18.2. The Bertz CT molecular complexity index is 649. The van der Waals surface area contributed by atoms with Crippen molar-refractivity contribution in [2.24, 2.45) is 0 Å². The zero-order valence-electron chi connectivity index (χ0n) is 15.8. The highest BCUT2D eigenvalue weighted by Gasteiger charge is 2.16. The lowest BCUT2D eigenvalue weighted by molar-refractivity contribution is 0.245. The number of nitrogens with zero attached hydrogens (tertiary/aromatic N) is 5. The molecule has 3 rings (SSSR count). The van der Waals surface area contributed by atoms with Crippen LogP contribution in [0, 0.1) is 0 Å². The SMILES string of the molecule is CCC(C)Sc1ncc(CN2CCCN(Cc3ccccn3)CC2)cn1. The first-order chi connectivity index (χ1) is 12.7. The van der Waals surface area contributed by atoms with Crippen LogP contribution in [0.5, 0.6) is 0 Å². The number of hydrogen-bond acceptors (Lipinski definition) is 6. The van der Waals surface area contributed by atoms with E-state index < -0.39 is 0 Å². The van der Waals surface area contributed by atoms with Crippen LogP contribution in [0.1, 0.15) is 37.9 Å². The summed E-state index contributed by atoms with van der Waals surface area (Å²) >= 11 is 1.75. The first kappa shape index (κ1) is 19.3. The number of thioether (sulfide) groups is 1. The Hall–Kier alpha value is -1.50. The average molecular weight is 372 g/mol. The minimum atomic E-state index is 0.566. The summed E-state index contributed by atoms with van der Waals surface area (Å²) in [6.45, 7) is 10.7. The van der Waals surface area contributed by atoms with Crippen molar-refractivity contribution in [1.29, 1.82) is 0 Å². The van der Waals surface area contributed by atoms with E-state index in [4.69, 9.17) is 0 Å². The summed E-state index contributed by atoms with van der Waals surface area (Å²) in [5, 5.41) is 1.46. The van der Waals surface area contributed by atoms with Gasteiger partial charge >= 0.3 is 0 Å². The van der Waals surface area contributed by atoms with Crippen LogP contribution in [0.4, 0.5) is 0 Å². The third kappa shape index (κ3) is 6.04. The van der Waals surface area contributed by atoms with E-state index in [0.717, 1.165) is 56.5 Å². The molecule has 0 bridgehead atoms. The molecule has 2 aromatic rings. The van der Waals surface area contributed by atoms with Crippen molar-refractivity contribution in [2.75, 3.05) is 26.2 Å². The lowest BCUT2D eigenvalue weighted by atomic mass is 10.3. The summed E-state index contributed by atoms with van der Waals surface area (Å²) < 4.78 is 0. The van der Waals surface area contributed by atoms with Crippen molar-refractivity contribution in [2.45, 2.75) is 50.2 Å². The number of rotatable bonds is 7. The maximum absolute atomic E-state index is 4.53. The Morgan fingerprint density at radius 1 is 1.00 bits per heavy atom. The van der Waals surface area contributed by atoms with E-state index >= 15 is 0 Å². The Labute approximate surface area is 161 Å². The molecule has 1 unspecified atom stereocenters. The van der Waals surface area contributed by atoms with Gasteiger partial charge in [0.05, 0.1) is 5.69 Å². The molecule has 1 aliphatic heterocycles. The van der Waals surface area contributed by atoms with E-state index in [-0.39, 0.29) is 0 Å². The Kier molecular flexibility index (Phi) is 7.41. The molecule has 0 N–H and O–H groups in total. The van der Waals surface area contributed by atoms with Crippen molar-refractivity contribution < 1.29 is 0 Å². The molecule has 1 atom stereocenters. The van der Waals surface area contributed by atoms with Gasteiger partial charge < -0.3 is 0 Å². The maximum Gasteiger partial charge on any atom is 0.187 e. The van der Waals surface area contributed by atoms with Crippen LogP contribution in [0.15, 0.2) is 41.9 Å². The van der Waals surface area contributed by atoms with E-state index in [1.807, 2.05) is 24.7 Å². The highest BCUT2D eigenvalue weighted by Crippen LogP contribution is 2.21. The van der Waals surface area contributed by atoms with Crippen molar-refractivity contribution in [1.82, 2.24) is 24.8 Å². The fraction of sp³-hybridized carbons (Fsp3) is 0.550. The van der Waals surface area contributed by atoms with Gasteiger partial charge in [0.1, 0.15) is 0 Å². The van der Waals surface area contributed by atoms with Gasteiger partial charge in [0.15, 0.2) is 5.16 Å². The normalized spacial score (nSPS) is 17.8. The van der Waals surface area contributed by atoms with Crippen molar-refractivity contribution in [3.05, 3.63) is 48.0 Å². The van der Waals surface area contributed by atoms with Crippen LogP contribution in [-0.2, 0) is 13.1 Å². The molecule has 6 heteroatoms. The van der Waals surface area contributed by atoms with Crippen LogP contribution in [0.3, 0.4) is 0 Å². The van der Waals surface area contributed by atoms with Crippen molar-refractivity contribution in [3.8, 4) is 0 Å². The summed E-state index contributed by atoms with van der Waals surface area (Å²) in [5.41, 5.74) is 2.36. The number of pyridine rings is 1. The second-order valence-corrected chi connectivity index (χ2v) is 8.34. The predicted molar refractivity (Wildman–Crippen MR) is 107 cm³/mol. The molecule has 26 heavy (non-hydrogen) atoms. The summed E-state index contributed by atoms with van der Waals surface area (Å²) in [6.07, 6.45) is 8.19. The summed E-state index contributed by atoms with van der Waals surface area (Å²) in [7, 11) is 0. The lowest BCUT2D eigenvalue weighted by Crippen LogP contribution is -2.30. The lowest BCUT2D eigenvalue weighted by Gasteiger charge is -2.21. The molecule has 0 spiro atoms. The summed E-state index contributed by atoms with van der Waals surface area (Å²) in [5.74, 6) is 0. The quantitative estimate of drug-likeness (QED) is 0.548. The third-order valence-electron chi connectivity index (χ3n) is 4.76. The largest absolute Gasteiger partial charge is 0.298 e. The molecule has 5 nitrogen and oxygen atoms in total. The number of aromatic nitrogens is 3. The molecule has 0 aliphatic carbocycles. The fourth-order valence-corrected chi connectivity index (χ4v) is 3.82. The van der Waals surface area contributed by atoms with Gasteiger partial charge in [0.25, 0.3) is 0 Å². The van der Waals surface area contributed by atoms with Gasteiger partial charge in [-0.25, -0.2) is 9.97 Å². The Balaban J connectivity index is 1.48. The topological polar surface area (TPSA) is 45.2 Å². The molecule has 3 heterocycles. The molecule has 0 saturated carbocycles. The van der Waals surface area contributed by atoms with Gasteiger partial charge in [-0.2, -0.15) is 0 Å². The van der Waals surface area contributed by atoms with Crippen molar-refractivity contribution in [3.63, 3.8) is 0 Å². The second-order valence-electron chi connectivity index (χ2n) is 6.94. The zero-order valence-corrected chi connectivity index (χ0v) is 16.7. The highest BCUT2D eigenvalue weighted by molar-refractivity contribution is 7.99. The molecule has 1 aliphatic rings. The Morgan fingerprint density at radius 3 is 2.38 bits per heavy atom. The maximum atomic E-state index is 4.53. The van der Waals surface area contributed by atoms with E-state index in [9.17, 15) is 0 Å². The minimum absolute atomic E-state index is 0.566. The van der Waals surface area contributed by atoms with Crippen LogP contribution in [0.25, 0.3) is 0 Å². The molecule has 0 radical (unpaired) electrons. The van der Waals surface area contributed by atoms with Gasteiger partial charge in [0, 0.05) is 55.6 Å². The molecule has 1 saturated heterocycles. The van der Waals surface area contributed by atoms with Crippen molar-refractivity contribution >= 4 is 11.8 Å². The molecule has 0 aromatic carbocycles. The minimum Gasteiger partial charge on any atom is -0.298 e. The van der Waals surface area contributed by atoms with E-state index in [0.29, 0.717) is 5.25 Å². The molecule has 1 fully saturated rings. The first-order valence-electron chi connectivity index (χ1n) is 9.55. The number of hydrogen-bond donors (Lipinski definition) is 0. The first-order valence-corrected chi connectivity index (χ1v) is 10.4. The summed E-state index contributed by atoms with van der Waals surface area (Å²) in [6, 6.07) is 6.15. The Morgan fingerprint density at radius 2 is 1.73 bits per heavy atom. The summed E-state index contributed by atoms with van der Waals surface area (Å²) in [4.78, 5) is 18.5. The van der Waals surface area contributed by atoms with Gasteiger partial charge in [-0.15, -0.1) is 0 Å². The molecular formula is C20H29N5S. The van der Waals surface area contributed by atoms with Gasteiger partial charge in [-0.1, -0.05) is 31.7 Å². The molecular weight excluding hydrogens is 342 g/mol. The van der Waals surface area contributed by atoms with Crippen LogP contribution >= 0.6 is 11.8 Å². The highest BCUT2D eigenvalue weighted by atomic mass is 32.2. The second kappa shape index (κ2) is 10.00. The van der Waals surface area contributed by atoms with Crippen LogP contribution in [0.2, 0.25) is 0 Å². The molecule has 140 valence electrons. The smallest absolute Gasteiger partial charge is 0.187 e. The van der Waals surface area contributed by atoms with E-state index in [1.54, 1.807) is 11.8 Å². The van der Waals surface area contributed by atoms with Gasteiger partial charge in [0.2, 0.25) is 0 Å². The average Bonchev–Trinajstić information content (AvgIpc) is 2.89. The monoisotopic (exact) mass is 371 g/mol.